The average molecular weight is 213 g/mol. The van der Waals surface area contributed by atoms with Crippen molar-refractivity contribution in [3.63, 3.8) is 0 Å². The Labute approximate surface area is 90.0 Å². The van der Waals surface area contributed by atoms with Gasteiger partial charge in [0.1, 0.15) is 5.54 Å². The normalized spacial score (nSPS) is 19.3. The van der Waals surface area contributed by atoms with Crippen LogP contribution in [-0.4, -0.2) is 22.5 Å². The molecule has 0 bridgehead atoms. The zero-order chi connectivity index (χ0) is 11.5. The molecule has 0 heterocycles. The quantitative estimate of drug-likeness (QED) is 0.703. The molecule has 86 valence electrons. The van der Waals surface area contributed by atoms with E-state index in [2.05, 4.69) is 12.2 Å². The molecule has 0 aromatic heterocycles. The molecule has 0 radical (unpaired) electrons. The van der Waals surface area contributed by atoms with Gasteiger partial charge in [0.25, 0.3) is 0 Å². The number of unbranched alkanes of at least 4 members (excludes halogenated alkanes) is 1. The van der Waals surface area contributed by atoms with Crippen LogP contribution in [0.1, 0.15) is 46.0 Å². The van der Waals surface area contributed by atoms with Crippen LogP contribution in [0.4, 0.5) is 0 Å². The number of hydrogen-bond donors (Lipinski definition) is 2. The summed E-state index contributed by atoms with van der Waals surface area (Å²) in [4.78, 5) is 22.5. The van der Waals surface area contributed by atoms with Crippen molar-refractivity contribution in [3.05, 3.63) is 0 Å². The van der Waals surface area contributed by atoms with E-state index in [1.54, 1.807) is 0 Å². The molecule has 1 saturated carbocycles. The molecule has 1 rings (SSSR count). The van der Waals surface area contributed by atoms with Gasteiger partial charge in [-0.3, -0.25) is 4.79 Å². The zero-order valence-electron chi connectivity index (χ0n) is 9.38. The molecule has 0 saturated heterocycles. The number of nitrogens with one attached hydrogen (secondary N) is 1. The molecule has 0 aliphatic heterocycles. The van der Waals surface area contributed by atoms with Crippen LogP contribution in [0.5, 0.6) is 0 Å². The first kappa shape index (κ1) is 12.0. The third-order valence-electron chi connectivity index (χ3n) is 2.96. The van der Waals surface area contributed by atoms with Gasteiger partial charge in [-0.1, -0.05) is 26.7 Å². The van der Waals surface area contributed by atoms with Crippen molar-refractivity contribution < 1.29 is 14.7 Å². The third kappa shape index (κ3) is 2.94. The maximum atomic E-state index is 11.6. The summed E-state index contributed by atoms with van der Waals surface area (Å²) in [5.74, 6) is -1.11. The van der Waals surface area contributed by atoms with Crippen molar-refractivity contribution in [2.75, 3.05) is 0 Å². The van der Waals surface area contributed by atoms with Crippen molar-refractivity contribution in [2.24, 2.45) is 5.92 Å². The summed E-state index contributed by atoms with van der Waals surface area (Å²) in [5, 5.41) is 11.5. The highest BCUT2D eigenvalue weighted by molar-refractivity contribution is 5.90. The highest BCUT2D eigenvalue weighted by Crippen LogP contribution is 2.35. The molecule has 1 aliphatic carbocycles. The topological polar surface area (TPSA) is 66.4 Å². The predicted octanol–water partition coefficient (Wildman–Crippen LogP) is 1.55. The summed E-state index contributed by atoms with van der Waals surface area (Å²) in [6.07, 6.45) is 4.03. The number of carboxylic acid groups (broad SMARTS) is 1. The fraction of sp³-hybridized carbons (Fsp3) is 0.818. The van der Waals surface area contributed by atoms with E-state index in [9.17, 15) is 9.59 Å². The van der Waals surface area contributed by atoms with Gasteiger partial charge >= 0.3 is 5.97 Å². The van der Waals surface area contributed by atoms with Gasteiger partial charge in [-0.2, -0.15) is 0 Å². The minimum absolute atomic E-state index is 0.0817. The lowest BCUT2D eigenvalue weighted by Crippen LogP contribution is -2.45. The van der Waals surface area contributed by atoms with Crippen molar-refractivity contribution >= 4 is 11.9 Å². The van der Waals surface area contributed by atoms with Gasteiger partial charge in [0.15, 0.2) is 0 Å². The summed E-state index contributed by atoms with van der Waals surface area (Å²) in [6, 6.07) is 0. The van der Waals surface area contributed by atoms with Crippen molar-refractivity contribution in [2.45, 2.75) is 51.5 Å². The Morgan fingerprint density at radius 2 is 2.07 bits per heavy atom. The Hall–Kier alpha value is -1.06. The van der Waals surface area contributed by atoms with Crippen LogP contribution in [-0.2, 0) is 9.59 Å². The zero-order valence-corrected chi connectivity index (χ0v) is 9.38. The standard InChI is InChI=1S/C11H19NO3/c1-3-4-5-8(2)9(13)12-11(6-7-11)10(14)15/h8H,3-7H2,1-2H3,(H,12,13)(H,14,15). The highest BCUT2D eigenvalue weighted by atomic mass is 16.4. The molecular weight excluding hydrogens is 194 g/mol. The van der Waals surface area contributed by atoms with Gasteiger partial charge < -0.3 is 10.4 Å². The van der Waals surface area contributed by atoms with E-state index in [4.69, 9.17) is 5.11 Å². The first-order valence-electron chi connectivity index (χ1n) is 5.57. The predicted molar refractivity (Wildman–Crippen MR) is 56.4 cm³/mol. The van der Waals surface area contributed by atoms with Crippen molar-refractivity contribution in [3.8, 4) is 0 Å². The van der Waals surface area contributed by atoms with Crippen LogP contribution in [0.3, 0.4) is 0 Å². The number of carbonyl (C=O) groups excluding carboxylic acids is 1. The van der Waals surface area contributed by atoms with Crippen molar-refractivity contribution in [1.82, 2.24) is 5.32 Å². The minimum atomic E-state index is -0.933. The molecule has 0 aromatic rings. The minimum Gasteiger partial charge on any atom is -0.480 e. The number of rotatable bonds is 6. The van der Waals surface area contributed by atoms with Crippen LogP contribution in [0.25, 0.3) is 0 Å². The maximum absolute atomic E-state index is 11.6. The number of carboxylic acids is 1. The monoisotopic (exact) mass is 213 g/mol. The van der Waals surface area contributed by atoms with Gasteiger partial charge in [-0.25, -0.2) is 4.79 Å². The second-order valence-electron chi connectivity index (χ2n) is 4.42. The molecule has 0 aromatic carbocycles. The second-order valence-corrected chi connectivity index (χ2v) is 4.42. The van der Waals surface area contributed by atoms with Gasteiger partial charge in [0.05, 0.1) is 0 Å². The Balaban J connectivity index is 2.38. The Morgan fingerprint density at radius 3 is 2.47 bits per heavy atom. The molecular formula is C11H19NO3. The summed E-state index contributed by atoms with van der Waals surface area (Å²) < 4.78 is 0. The van der Waals surface area contributed by atoms with E-state index in [0.29, 0.717) is 12.8 Å². The van der Waals surface area contributed by atoms with E-state index in [1.807, 2.05) is 6.92 Å². The molecule has 1 atom stereocenters. The number of carbonyl (C=O) groups is 2. The van der Waals surface area contributed by atoms with Gasteiger partial charge in [-0.05, 0) is 19.3 Å². The highest BCUT2D eigenvalue weighted by Gasteiger charge is 2.51. The smallest absolute Gasteiger partial charge is 0.329 e. The average Bonchev–Trinajstić information content (AvgIpc) is 2.95. The van der Waals surface area contributed by atoms with Crippen LogP contribution in [0.15, 0.2) is 0 Å². The lowest BCUT2D eigenvalue weighted by atomic mass is 10.0. The lowest BCUT2D eigenvalue weighted by Gasteiger charge is -2.16. The van der Waals surface area contributed by atoms with Crippen LogP contribution in [0, 0.1) is 5.92 Å². The fourth-order valence-electron chi connectivity index (χ4n) is 1.52. The molecule has 1 amide bonds. The molecule has 0 spiro atoms. The van der Waals surface area contributed by atoms with E-state index in [1.165, 1.54) is 0 Å². The Bertz CT molecular complexity index is 259. The molecule has 2 N–H and O–H groups in total. The number of amides is 1. The van der Waals surface area contributed by atoms with E-state index < -0.39 is 11.5 Å². The van der Waals surface area contributed by atoms with Gasteiger partial charge in [-0.15, -0.1) is 0 Å². The van der Waals surface area contributed by atoms with Gasteiger partial charge in [0, 0.05) is 5.92 Å². The Morgan fingerprint density at radius 1 is 1.47 bits per heavy atom. The first-order valence-corrected chi connectivity index (χ1v) is 5.57. The molecule has 1 aliphatic rings. The third-order valence-corrected chi connectivity index (χ3v) is 2.96. The number of aliphatic carboxylic acids is 1. The second kappa shape index (κ2) is 4.64. The SMILES string of the molecule is CCCCC(C)C(=O)NC1(C(=O)O)CC1. The summed E-state index contributed by atoms with van der Waals surface area (Å²) in [5.41, 5.74) is -0.933. The van der Waals surface area contributed by atoms with E-state index >= 15 is 0 Å². The Kier molecular flexibility index (Phi) is 3.72. The maximum Gasteiger partial charge on any atom is 0.329 e. The number of hydrogen-bond acceptors (Lipinski definition) is 2. The molecule has 15 heavy (non-hydrogen) atoms. The van der Waals surface area contributed by atoms with E-state index in [0.717, 1.165) is 19.3 Å². The lowest BCUT2D eigenvalue weighted by molar-refractivity contribution is -0.143. The van der Waals surface area contributed by atoms with Crippen LogP contribution in [0.2, 0.25) is 0 Å². The first-order chi connectivity index (χ1) is 7.02. The largest absolute Gasteiger partial charge is 0.480 e. The van der Waals surface area contributed by atoms with Gasteiger partial charge in [0.2, 0.25) is 5.91 Å². The molecule has 4 heteroatoms. The molecule has 1 fully saturated rings. The summed E-state index contributed by atoms with van der Waals surface area (Å²) >= 11 is 0. The van der Waals surface area contributed by atoms with E-state index in [-0.39, 0.29) is 11.8 Å². The summed E-state index contributed by atoms with van der Waals surface area (Å²) in [6.45, 7) is 3.92. The van der Waals surface area contributed by atoms with Crippen LogP contribution < -0.4 is 5.32 Å². The fourth-order valence-corrected chi connectivity index (χ4v) is 1.52. The molecule has 1 unspecified atom stereocenters. The molecule has 4 nitrogen and oxygen atoms in total. The summed E-state index contributed by atoms with van der Waals surface area (Å²) in [7, 11) is 0. The van der Waals surface area contributed by atoms with Crippen molar-refractivity contribution in [1.29, 1.82) is 0 Å². The van der Waals surface area contributed by atoms with Crippen LogP contribution >= 0.6 is 0 Å².